The van der Waals surface area contributed by atoms with Gasteiger partial charge in [0.15, 0.2) is 0 Å². The van der Waals surface area contributed by atoms with Crippen molar-refractivity contribution in [1.82, 2.24) is 15.5 Å². The van der Waals surface area contributed by atoms with Gasteiger partial charge in [-0.1, -0.05) is 5.16 Å². The monoisotopic (exact) mass is 298 g/mol. The fraction of sp³-hybridized carbons (Fsp3) is 0.250. The molecule has 0 bridgehead atoms. The molecule has 2 heterocycles. The lowest BCUT2D eigenvalue weighted by atomic mass is 10.2. The van der Waals surface area contributed by atoms with Crippen LogP contribution in [0.1, 0.15) is 5.89 Å². The lowest BCUT2D eigenvalue weighted by Crippen LogP contribution is -2.27. The number of nitrogens with zero attached hydrogens (tertiary/aromatic N) is 3. The Kier molecular flexibility index (Phi) is 3.04. The van der Waals surface area contributed by atoms with Crippen molar-refractivity contribution in [3.05, 3.63) is 30.2 Å². The Labute approximate surface area is 116 Å². The Bertz CT molecular complexity index is 666. The summed E-state index contributed by atoms with van der Waals surface area (Å²) in [6.45, 7) is 1.10. The standard InChI is InChI=1S/C12H9F3N4O2/c13-12(14,15)10-17-9(18-21-10)7-1-3-8(4-2-7)19-6-5-16-11(19)20/h1-4H,5-6H2,(H,16,20). The number of rotatable bonds is 2. The topological polar surface area (TPSA) is 71.3 Å². The molecule has 1 aromatic heterocycles. The minimum absolute atomic E-state index is 0.153. The second-order valence-corrected chi connectivity index (χ2v) is 4.35. The van der Waals surface area contributed by atoms with Gasteiger partial charge in [0.05, 0.1) is 0 Å². The molecule has 2 amide bonds. The Morgan fingerprint density at radius 3 is 2.48 bits per heavy atom. The van der Waals surface area contributed by atoms with Crippen molar-refractivity contribution in [3.63, 3.8) is 0 Å². The summed E-state index contributed by atoms with van der Waals surface area (Å²) in [5.41, 5.74) is 1.02. The summed E-state index contributed by atoms with van der Waals surface area (Å²) in [4.78, 5) is 16.3. The van der Waals surface area contributed by atoms with Crippen LogP contribution in [0.3, 0.4) is 0 Å². The van der Waals surface area contributed by atoms with Crippen LogP contribution in [0, 0.1) is 0 Å². The fourth-order valence-corrected chi connectivity index (χ4v) is 1.96. The first-order valence-electron chi connectivity index (χ1n) is 6.02. The smallest absolute Gasteiger partial charge is 0.336 e. The first kappa shape index (κ1) is 13.4. The number of halogens is 3. The highest BCUT2D eigenvalue weighted by molar-refractivity contribution is 5.94. The molecule has 1 fully saturated rings. The van der Waals surface area contributed by atoms with E-state index in [-0.39, 0.29) is 11.9 Å². The molecule has 1 saturated heterocycles. The maximum absolute atomic E-state index is 12.4. The number of nitrogens with one attached hydrogen (secondary N) is 1. The molecule has 1 aliphatic rings. The summed E-state index contributed by atoms with van der Waals surface area (Å²) >= 11 is 0. The van der Waals surface area contributed by atoms with E-state index < -0.39 is 12.1 Å². The van der Waals surface area contributed by atoms with Crippen LogP contribution in [0.15, 0.2) is 28.8 Å². The number of alkyl halides is 3. The van der Waals surface area contributed by atoms with E-state index in [2.05, 4.69) is 20.0 Å². The number of benzene rings is 1. The maximum Gasteiger partial charge on any atom is 0.471 e. The van der Waals surface area contributed by atoms with Gasteiger partial charge in [0, 0.05) is 24.3 Å². The van der Waals surface area contributed by atoms with Crippen LogP contribution >= 0.6 is 0 Å². The number of hydrogen-bond acceptors (Lipinski definition) is 4. The quantitative estimate of drug-likeness (QED) is 0.923. The molecule has 1 aromatic carbocycles. The van der Waals surface area contributed by atoms with Gasteiger partial charge in [0.2, 0.25) is 5.82 Å². The summed E-state index contributed by atoms with van der Waals surface area (Å²) in [6.07, 6.45) is -4.67. The Morgan fingerprint density at radius 1 is 1.24 bits per heavy atom. The molecule has 21 heavy (non-hydrogen) atoms. The van der Waals surface area contributed by atoms with E-state index in [0.717, 1.165) is 0 Å². The molecule has 3 rings (SSSR count). The van der Waals surface area contributed by atoms with Crippen LogP contribution in [-0.2, 0) is 6.18 Å². The summed E-state index contributed by atoms with van der Waals surface area (Å²) in [6, 6.07) is 6.09. The third kappa shape index (κ3) is 2.54. The van der Waals surface area contributed by atoms with Gasteiger partial charge in [0.1, 0.15) is 0 Å². The Morgan fingerprint density at radius 2 is 1.95 bits per heavy atom. The van der Waals surface area contributed by atoms with E-state index in [1.807, 2.05) is 0 Å². The van der Waals surface area contributed by atoms with Crippen molar-refractivity contribution < 1.29 is 22.5 Å². The molecule has 0 spiro atoms. The summed E-state index contributed by atoms with van der Waals surface area (Å²) in [5.74, 6) is -1.54. The molecule has 0 aliphatic carbocycles. The van der Waals surface area contributed by atoms with E-state index in [4.69, 9.17) is 0 Å². The molecule has 1 aliphatic heterocycles. The van der Waals surface area contributed by atoms with Gasteiger partial charge in [-0.05, 0) is 24.3 Å². The van der Waals surface area contributed by atoms with Gasteiger partial charge < -0.3 is 9.84 Å². The van der Waals surface area contributed by atoms with E-state index in [0.29, 0.717) is 24.3 Å². The predicted molar refractivity (Wildman–Crippen MR) is 65.5 cm³/mol. The normalized spacial score (nSPS) is 15.4. The van der Waals surface area contributed by atoms with Crippen LogP contribution in [0.4, 0.5) is 23.7 Å². The van der Waals surface area contributed by atoms with E-state index in [1.54, 1.807) is 12.1 Å². The number of carbonyl (C=O) groups is 1. The van der Waals surface area contributed by atoms with E-state index in [1.165, 1.54) is 17.0 Å². The lowest BCUT2D eigenvalue weighted by Gasteiger charge is -2.13. The summed E-state index contributed by atoms with van der Waals surface area (Å²) in [5, 5.41) is 5.95. The van der Waals surface area contributed by atoms with Crippen molar-refractivity contribution >= 4 is 11.7 Å². The predicted octanol–water partition coefficient (Wildman–Crippen LogP) is 2.29. The zero-order valence-electron chi connectivity index (χ0n) is 10.5. The van der Waals surface area contributed by atoms with Crippen LogP contribution in [0.25, 0.3) is 11.4 Å². The van der Waals surface area contributed by atoms with E-state index >= 15 is 0 Å². The zero-order valence-corrected chi connectivity index (χ0v) is 10.5. The fourth-order valence-electron chi connectivity index (χ4n) is 1.96. The van der Waals surface area contributed by atoms with Gasteiger partial charge in [0.25, 0.3) is 0 Å². The van der Waals surface area contributed by atoms with Gasteiger partial charge >= 0.3 is 18.1 Å². The van der Waals surface area contributed by atoms with Crippen LogP contribution in [0.5, 0.6) is 0 Å². The number of carbonyl (C=O) groups excluding carboxylic acids is 1. The molecule has 0 radical (unpaired) electrons. The first-order chi connectivity index (χ1) is 9.95. The third-order valence-corrected chi connectivity index (χ3v) is 2.96. The molecular formula is C12H9F3N4O2. The van der Waals surface area contributed by atoms with Gasteiger partial charge in [-0.3, -0.25) is 4.90 Å². The molecule has 110 valence electrons. The lowest BCUT2D eigenvalue weighted by molar-refractivity contribution is -0.159. The van der Waals surface area contributed by atoms with Crippen LogP contribution in [0.2, 0.25) is 0 Å². The number of amides is 2. The Balaban J connectivity index is 1.84. The highest BCUT2D eigenvalue weighted by atomic mass is 19.4. The van der Waals surface area contributed by atoms with Gasteiger partial charge in [-0.15, -0.1) is 0 Å². The average Bonchev–Trinajstić information content (AvgIpc) is 3.07. The van der Waals surface area contributed by atoms with E-state index in [9.17, 15) is 18.0 Å². The molecule has 0 atom stereocenters. The number of aromatic nitrogens is 2. The van der Waals surface area contributed by atoms with Crippen molar-refractivity contribution in [1.29, 1.82) is 0 Å². The SMILES string of the molecule is O=C1NCCN1c1ccc(-c2noc(C(F)(F)F)n2)cc1. The highest BCUT2D eigenvalue weighted by Crippen LogP contribution is 2.29. The van der Waals surface area contributed by atoms with Crippen molar-refractivity contribution in [2.45, 2.75) is 6.18 Å². The minimum atomic E-state index is -4.67. The summed E-state index contributed by atoms with van der Waals surface area (Å²) in [7, 11) is 0. The number of anilines is 1. The minimum Gasteiger partial charge on any atom is -0.336 e. The number of hydrogen-bond donors (Lipinski definition) is 1. The van der Waals surface area contributed by atoms with Gasteiger partial charge in [-0.25, -0.2) is 4.79 Å². The van der Waals surface area contributed by atoms with Gasteiger partial charge in [-0.2, -0.15) is 18.2 Å². The molecule has 2 aromatic rings. The molecule has 9 heteroatoms. The summed E-state index contributed by atoms with van der Waals surface area (Å²) < 4.78 is 41.3. The Hall–Kier alpha value is -2.58. The van der Waals surface area contributed by atoms with Crippen molar-refractivity contribution in [3.8, 4) is 11.4 Å². The van der Waals surface area contributed by atoms with Crippen molar-refractivity contribution in [2.24, 2.45) is 0 Å². The van der Waals surface area contributed by atoms with Crippen LogP contribution < -0.4 is 10.2 Å². The zero-order chi connectivity index (χ0) is 15.0. The second-order valence-electron chi connectivity index (χ2n) is 4.35. The third-order valence-electron chi connectivity index (χ3n) is 2.96. The average molecular weight is 298 g/mol. The van der Waals surface area contributed by atoms with Crippen LogP contribution in [-0.4, -0.2) is 29.3 Å². The molecule has 0 unspecified atom stereocenters. The molecule has 0 saturated carbocycles. The first-order valence-corrected chi connectivity index (χ1v) is 6.02. The maximum atomic E-state index is 12.4. The van der Waals surface area contributed by atoms with Crippen molar-refractivity contribution in [2.75, 3.05) is 18.0 Å². The largest absolute Gasteiger partial charge is 0.471 e. The molecule has 1 N–H and O–H groups in total. The second kappa shape index (κ2) is 4.76. The molecule has 6 nitrogen and oxygen atoms in total. The highest BCUT2D eigenvalue weighted by Gasteiger charge is 2.38. The molecular weight excluding hydrogens is 289 g/mol. The number of urea groups is 1.